The first kappa shape index (κ1) is 25.0. The Bertz CT molecular complexity index is 1160. The molecule has 3 aromatic carbocycles. The van der Waals surface area contributed by atoms with Crippen LogP contribution in [0.5, 0.6) is 5.75 Å². The summed E-state index contributed by atoms with van der Waals surface area (Å²) in [5, 5.41) is 10.5. The van der Waals surface area contributed by atoms with E-state index in [9.17, 15) is 0 Å². The van der Waals surface area contributed by atoms with E-state index in [1.165, 1.54) is 7.11 Å². The van der Waals surface area contributed by atoms with Gasteiger partial charge in [0, 0.05) is 18.2 Å². The van der Waals surface area contributed by atoms with Crippen LogP contribution >= 0.6 is 11.3 Å². The van der Waals surface area contributed by atoms with Crippen LogP contribution in [0.25, 0.3) is 32.3 Å². The zero-order valence-corrected chi connectivity index (χ0v) is 20.6. The Balaban J connectivity index is 1.34. The molecule has 0 bridgehead atoms. The molecule has 0 fully saturated rings. The summed E-state index contributed by atoms with van der Waals surface area (Å²) in [6.45, 7) is 2.62. The highest BCUT2D eigenvalue weighted by molar-refractivity contribution is 7.17. The molecule has 0 radical (unpaired) electrons. The van der Waals surface area contributed by atoms with E-state index in [1.54, 1.807) is 18.4 Å². The molecule has 35 heavy (non-hydrogen) atoms. The van der Waals surface area contributed by atoms with E-state index in [0.717, 1.165) is 43.6 Å². The van der Waals surface area contributed by atoms with Crippen molar-refractivity contribution in [1.29, 1.82) is 0 Å². The Morgan fingerprint density at radius 3 is 1.77 bits per heavy atom. The fourth-order valence-electron chi connectivity index (χ4n) is 3.34. The summed E-state index contributed by atoms with van der Waals surface area (Å²) in [6, 6.07) is 24.4. The van der Waals surface area contributed by atoms with Gasteiger partial charge in [-0.05, 0) is 28.8 Å². The van der Waals surface area contributed by atoms with Gasteiger partial charge in [-0.15, -0.1) is 10.2 Å². The van der Waals surface area contributed by atoms with Crippen LogP contribution in [0.15, 0.2) is 72.8 Å². The summed E-state index contributed by atoms with van der Waals surface area (Å²) in [5.41, 5.74) is 5.34. The molecule has 0 spiro atoms. The molecule has 0 atom stereocenters. The molecule has 1 heterocycles. The first-order valence-corrected chi connectivity index (χ1v) is 12.1. The van der Waals surface area contributed by atoms with E-state index < -0.39 is 0 Å². The van der Waals surface area contributed by atoms with Gasteiger partial charge in [0.05, 0.1) is 26.9 Å². The summed E-state index contributed by atoms with van der Waals surface area (Å²) in [7, 11) is 3.16. The van der Waals surface area contributed by atoms with Gasteiger partial charge in [0.2, 0.25) is 0 Å². The predicted molar refractivity (Wildman–Crippen MR) is 136 cm³/mol. The Labute approximate surface area is 209 Å². The van der Waals surface area contributed by atoms with Crippen LogP contribution in [0.4, 0.5) is 0 Å². The summed E-state index contributed by atoms with van der Waals surface area (Å²) in [4.78, 5) is 9.61. The molecular formula is C27H28N2O5S. The van der Waals surface area contributed by atoms with Crippen molar-refractivity contribution >= 4 is 11.3 Å². The lowest BCUT2D eigenvalue weighted by molar-refractivity contribution is -0.282. The number of benzene rings is 3. The first-order chi connectivity index (χ1) is 17.3. The van der Waals surface area contributed by atoms with Crippen molar-refractivity contribution < 1.29 is 24.0 Å². The van der Waals surface area contributed by atoms with Crippen LogP contribution in [-0.2, 0) is 25.9 Å². The third-order valence-electron chi connectivity index (χ3n) is 5.22. The van der Waals surface area contributed by atoms with Gasteiger partial charge in [-0.1, -0.05) is 72.0 Å². The van der Waals surface area contributed by atoms with Gasteiger partial charge in [-0.25, -0.2) is 9.78 Å². The number of aromatic nitrogens is 2. The summed E-state index contributed by atoms with van der Waals surface area (Å²) in [6.07, 6.45) is 0. The highest BCUT2D eigenvalue weighted by Gasteiger charge is 2.09. The predicted octanol–water partition coefficient (Wildman–Crippen LogP) is 5.66. The second kappa shape index (κ2) is 13.1. The monoisotopic (exact) mass is 492 g/mol. The molecule has 0 unspecified atom stereocenters. The molecule has 0 aliphatic rings. The number of hydrogen-bond donors (Lipinski definition) is 0. The van der Waals surface area contributed by atoms with Crippen LogP contribution in [0, 0.1) is 0 Å². The van der Waals surface area contributed by atoms with Gasteiger partial charge in [0.25, 0.3) is 0 Å². The molecule has 7 nitrogen and oxygen atoms in total. The van der Waals surface area contributed by atoms with Crippen LogP contribution in [0.3, 0.4) is 0 Å². The third kappa shape index (κ3) is 7.17. The molecule has 0 saturated heterocycles. The minimum Gasteiger partial charge on any atom is -0.491 e. The van der Waals surface area contributed by atoms with E-state index in [4.69, 9.17) is 19.1 Å². The quantitative estimate of drug-likeness (QED) is 0.135. The maximum absolute atomic E-state index is 5.73. The number of rotatable bonds is 13. The Morgan fingerprint density at radius 2 is 1.17 bits per heavy atom. The van der Waals surface area contributed by atoms with Gasteiger partial charge in [0.1, 0.15) is 29.0 Å². The van der Waals surface area contributed by atoms with Crippen molar-refractivity contribution in [2.24, 2.45) is 0 Å². The molecule has 0 aliphatic carbocycles. The lowest BCUT2D eigenvalue weighted by Crippen LogP contribution is -2.09. The third-order valence-corrected chi connectivity index (χ3v) is 6.24. The largest absolute Gasteiger partial charge is 0.491 e. The van der Waals surface area contributed by atoms with E-state index in [2.05, 4.69) is 51.5 Å². The van der Waals surface area contributed by atoms with Crippen LogP contribution in [0.2, 0.25) is 0 Å². The average molecular weight is 493 g/mol. The zero-order valence-electron chi connectivity index (χ0n) is 19.8. The average Bonchev–Trinajstić information content (AvgIpc) is 3.41. The standard InChI is InChI=1S/C27H28N2O5S/c1-30-15-16-32-17-18-33-25-13-11-22(12-14-25)21-7-9-24(10-8-21)27-29-28-26(35-27)23-5-3-20(4-6-23)19-34-31-2/h3-14H,15-19H2,1-2H3. The SMILES string of the molecule is COCCOCCOc1ccc(-c2ccc(-c3nnc(-c4ccc(COOC)cc4)s3)cc2)cc1. The molecule has 4 aromatic rings. The van der Waals surface area contributed by atoms with Crippen molar-refractivity contribution in [3.63, 3.8) is 0 Å². The van der Waals surface area contributed by atoms with Crippen molar-refractivity contribution in [3.8, 4) is 38.0 Å². The van der Waals surface area contributed by atoms with E-state index in [-0.39, 0.29) is 0 Å². The van der Waals surface area contributed by atoms with Crippen molar-refractivity contribution in [3.05, 3.63) is 78.4 Å². The molecular weight excluding hydrogens is 464 g/mol. The molecule has 182 valence electrons. The molecule has 0 saturated carbocycles. The molecule has 0 N–H and O–H groups in total. The lowest BCUT2D eigenvalue weighted by Gasteiger charge is -2.08. The Morgan fingerprint density at radius 1 is 0.629 bits per heavy atom. The fraction of sp³-hybridized carbons (Fsp3) is 0.259. The first-order valence-electron chi connectivity index (χ1n) is 11.3. The number of nitrogens with zero attached hydrogens (tertiary/aromatic N) is 2. The minimum absolute atomic E-state index is 0.407. The molecule has 1 aromatic heterocycles. The number of hydrogen-bond acceptors (Lipinski definition) is 8. The Kier molecular flexibility index (Phi) is 9.33. The van der Waals surface area contributed by atoms with Crippen molar-refractivity contribution in [1.82, 2.24) is 10.2 Å². The minimum atomic E-state index is 0.407. The van der Waals surface area contributed by atoms with E-state index >= 15 is 0 Å². The van der Waals surface area contributed by atoms with Gasteiger partial charge in [-0.2, -0.15) is 0 Å². The molecule has 0 aliphatic heterocycles. The van der Waals surface area contributed by atoms with Crippen LogP contribution in [0.1, 0.15) is 5.56 Å². The van der Waals surface area contributed by atoms with Crippen molar-refractivity contribution in [2.75, 3.05) is 40.6 Å². The summed E-state index contributed by atoms with van der Waals surface area (Å²) >= 11 is 1.57. The smallest absolute Gasteiger partial charge is 0.148 e. The zero-order chi connectivity index (χ0) is 24.3. The van der Waals surface area contributed by atoms with Crippen LogP contribution in [-0.4, -0.2) is 50.8 Å². The molecule has 4 rings (SSSR count). The molecule has 0 amide bonds. The number of ether oxygens (including phenoxy) is 3. The summed E-state index contributed by atoms with van der Waals surface area (Å²) in [5.74, 6) is 0.821. The maximum atomic E-state index is 5.73. The van der Waals surface area contributed by atoms with Crippen molar-refractivity contribution in [2.45, 2.75) is 6.61 Å². The fourth-order valence-corrected chi connectivity index (χ4v) is 4.19. The second-order valence-corrected chi connectivity index (χ2v) is 8.57. The lowest BCUT2D eigenvalue weighted by atomic mass is 10.0. The highest BCUT2D eigenvalue weighted by Crippen LogP contribution is 2.31. The second-order valence-electron chi connectivity index (χ2n) is 7.59. The van der Waals surface area contributed by atoms with Gasteiger partial charge < -0.3 is 14.2 Å². The van der Waals surface area contributed by atoms with Gasteiger partial charge in [0.15, 0.2) is 0 Å². The van der Waals surface area contributed by atoms with Gasteiger partial charge in [-0.3, -0.25) is 0 Å². The highest BCUT2D eigenvalue weighted by atomic mass is 32.1. The van der Waals surface area contributed by atoms with Gasteiger partial charge >= 0.3 is 0 Å². The summed E-state index contributed by atoms with van der Waals surface area (Å²) < 4.78 is 16.1. The van der Waals surface area contributed by atoms with E-state index in [1.807, 2.05) is 36.4 Å². The van der Waals surface area contributed by atoms with Crippen LogP contribution < -0.4 is 4.74 Å². The maximum Gasteiger partial charge on any atom is 0.148 e. The Hall–Kier alpha value is -3.14. The normalized spacial score (nSPS) is 11.0. The topological polar surface area (TPSA) is 71.9 Å². The number of methoxy groups -OCH3 is 1. The molecule has 8 heteroatoms. The van der Waals surface area contributed by atoms with E-state index in [0.29, 0.717) is 33.0 Å².